The van der Waals surface area contributed by atoms with E-state index in [0.29, 0.717) is 21.3 Å². The van der Waals surface area contributed by atoms with E-state index in [-0.39, 0.29) is 11.3 Å². The van der Waals surface area contributed by atoms with E-state index < -0.39 is 11.9 Å². The van der Waals surface area contributed by atoms with Crippen LogP contribution >= 0.6 is 23.2 Å². The van der Waals surface area contributed by atoms with E-state index >= 15 is 0 Å². The molecule has 1 amide bonds. The molecular weight excluding hydrogens is 397 g/mol. The maximum atomic E-state index is 12.8. The van der Waals surface area contributed by atoms with Gasteiger partial charge in [0.25, 0.3) is 5.91 Å². The first kappa shape index (κ1) is 19.9. The van der Waals surface area contributed by atoms with Crippen LogP contribution in [0.15, 0.2) is 60.7 Å². The Morgan fingerprint density at radius 2 is 1.43 bits per heavy atom. The lowest BCUT2D eigenvalue weighted by molar-refractivity contribution is 0.0736. The Hall–Kier alpha value is -2.82. The van der Waals surface area contributed by atoms with Crippen molar-refractivity contribution in [3.8, 4) is 5.75 Å². The van der Waals surface area contributed by atoms with Gasteiger partial charge in [-0.15, -0.1) is 0 Å². The van der Waals surface area contributed by atoms with Crippen molar-refractivity contribution in [2.45, 2.75) is 13.8 Å². The molecule has 3 aromatic carbocycles. The zero-order valence-electron chi connectivity index (χ0n) is 15.3. The average molecular weight is 414 g/mol. The first-order valence-electron chi connectivity index (χ1n) is 8.50. The van der Waals surface area contributed by atoms with Crippen LogP contribution in [0.1, 0.15) is 31.8 Å². The summed E-state index contributed by atoms with van der Waals surface area (Å²) < 4.78 is 5.43. The molecule has 0 bridgehead atoms. The number of aryl methyl sites for hydroxylation is 2. The minimum atomic E-state index is -0.620. The van der Waals surface area contributed by atoms with E-state index in [4.69, 9.17) is 27.9 Å². The van der Waals surface area contributed by atoms with Gasteiger partial charge in [-0.1, -0.05) is 47.5 Å². The molecule has 0 aromatic heterocycles. The molecule has 0 atom stereocenters. The van der Waals surface area contributed by atoms with E-state index in [0.717, 1.165) is 11.1 Å². The topological polar surface area (TPSA) is 55.4 Å². The summed E-state index contributed by atoms with van der Waals surface area (Å²) in [6.45, 7) is 3.77. The SMILES string of the molecule is Cc1cc(NC(=O)c2ccccc2Cl)c(C(=O)Oc2ccccc2Cl)cc1C. The molecule has 1 N–H and O–H groups in total. The maximum absolute atomic E-state index is 12.8. The van der Waals surface area contributed by atoms with Crippen LogP contribution in [0.5, 0.6) is 5.75 Å². The summed E-state index contributed by atoms with van der Waals surface area (Å²) in [6.07, 6.45) is 0. The Morgan fingerprint density at radius 3 is 2.11 bits per heavy atom. The van der Waals surface area contributed by atoms with Crippen LogP contribution in [0.2, 0.25) is 10.0 Å². The van der Waals surface area contributed by atoms with Gasteiger partial charge in [0.05, 0.1) is 26.9 Å². The second kappa shape index (κ2) is 8.46. The Morgan fingerprint density at radius 1 is 0.821 bits per heavy atom. The molecule has 0 fully saturated rings. The number of anilines is 1. The number of hydrogen-bond acceptors (Lipinski definition) is 3. The van der Waals surface area contributed by atoms with Gasteiger partial charge in [-0.05, 0) is 61.4 Å². The highest BCUT2D eigenvalue weighted by atomic mass is 35.5. The van der Waals surface area contributed by atoms with E-state index in [1.165, 1.54) is 0 Å². The number of para-hydroxylation sites is 1. The maximum Gasteiger partial charge on any atom is 0.345 e. The number of esters is 1. The van der Waals surface area contributed by atoms with Crippen molar-refractivity contribution in [2.75, 3.05) is 5.32 Å². The lowest BCUT2D eigenvalue weighted by Crippen LogP contribution is -2.18. The molecule has 0 aliphatic carbocycles. The Balaban J connectivity index is 1.94. The monoisotopic (exact) mass is 413 g/mol. The van der Waals surface area contributed by atoms with Gasteiger partial charge in [-0.25, -0.2) is 4.79 Å². The van der Waals surface area contributed by atoms with Crippen molar-refractivity contribution in [1.29, 1.82) is 0 Å². The average Bonchev–Trinajstić information content (AvgIpc) is 2.66. The number of rotatable bonds is 4. The summed E-state index contributed by atoms with van der Waals surface area (Å²) in [5.41, 5.74) is 2.69. The van der Waals surface area contributed by atoms with E-state index in [2.05, 4.69) is 5.32 Å². The molecule has 0 radical (unpaired) electrons. The number of carbonyl (C=O) groups is 2. The minimum Gasteiger partial charge on any atom is -0.421 e. The van der Waals surface area contributed by atoms with Crippen LogP contribution in [0.25, 0.3) is 0 Å². The van der Waals surface area contributed by atoms with Crippen LogP contribution in [-0.4, -0.2) is 11.9 Å². The fourth-order valence-corrected chi connectivity index (χ4v) is 3.00. The van der Waals surface area contributed by atoms with E-state index in [9.17, 15) is 9.59 Å². The molecule has 28 heavy (non-hydrogen) atoms. The van der Waals surface area contributed by atoms with Crippen LogP contribution in [0.3, 0.4) is 0 Å². The van der Waals surface area contributed by atoms with E-state index in [1.807, 2.05) is 13.8 Å². The van der Waals surface area contributed by atoms with Crippen molar-refractivity contribution in [3.05, 3.63) is 93.0 Å². The Labute approximate surface area is 173 Å². The first-order valence-corrected chi connectivity index (χ1v) is 9.26. The van der Waals surface area contributed by atoms with Gasteiger partial charge in [-0.2, -0.15) is 0 Å². The van der Waals surface area contributed by atoms with Crippen LogP contribution in [-0.2, 0) is 0 Å². The fourth-order valence-electron chi connectivity index (χ4n) is 2.61. The molecule has 0 unspecified atom stereocenters. The molecule has 3 rings (SSSR count). The summed E-state index contributed by atoms with van der Waals surface area (Å²) >= 11 is 12.2. The quantitative estimate of drug-likeness (QED) is 0.416. The molecule has 142 valence electrons. The Kier molecular flexibility index (Phi) is 6.02. The zero-order valence-corrected chi connectivity index (χ0v) is 16.8. The molecule has 3 aromatic rings. The minimum absolute atomic E-state index is 0.225. The third-order valence-corrected chi connectivity index (χ3v) is 4.90. The van der Waals surface area contributed by atoms with Crippen molar-refractivity contribution < 1.29 is 14.3 Å². The van der Waals surface area contributed by atoms with Gasteiger partial charge in [-0.3, -0.25) is 4.79 Å². The number of carbonyl (C=O) groups excluding carboxylic acids is 2. The molecule has 4 nitrogen and oxygen atoms in total. The standard InChI is InChI=1S/C22H17Cl2NO3/c1-13-11-16(22(27)28-20-10-6-5-9-18(20)24)19(12-14(13)2)25-21(26)15-7-3-4-8-17(15)23/h3-12H,1-2H3,(H,25,26). The highest BCUT2D eigenvalue weighted by Gasteiger charge is 2.19. The summed E-state index contributed by atoms with van der Waals surface area (Å²) in [7, 11) is 0. The van der Waals surface area contributed by atoms with Crippen LogP contribution in [0, 0.1) is 13.8 Å². The van der Waals surface area contributed by atoms with Gasteiger partial charge in [0.15, 0.2) is 0 Å². The van der Waals surface area contributed by atoms with Crippen molar-refractivity contribution in [2.24, 2.45) is 0 Å². The number of amides is 1. The second-order valence-electron chi connectivity index (χ2n) is 6.24. The molecule has 0 aliphatic heterocycles. The number of halogens is 2. The zero-order chi connectivity index (χ0) is 20.3. The predicted molar refractivity (Wildman–Crippen MR) is 112 cm³/mol. The highest BCUT2D eigenvalue weighted by Crippen LogP contribution is 2.28. The fraction of sp³-hybridized carbons (Fsp3) is 0.0909. The molecule has 0 saturated heterocycles. The van der Waals surface area contributed by atoms with Gasteiger partial charge in [0, 0.05) is 0 Å². The third kappa shape index (κ3) is 4.35. The van der Waals surface area contributed by atoms with Crippen molar-refractivity contribution in [1.82, 2.24) is 0 Å². The van der Waals surface area contributed by atoms with Gasteiger partial charge < -0.3 is 10.1 Å². The molecule has 0 heterocycles. The Bertz CT molecular complexity index is 1060. The van der Waals surface area contributed by atoms with Crippen LogP contribution in [0.4, 0.5) is 5.69 Å². The predicted octanol–water partition coefficient (Wildman–Crippen LogP) is 6.08. The van der Waals surface area contributed by atoms with Gasteiger partial charge in [0.1, 0.15) is 5.75 Å². The third-order valence-electron chi connectivity index (χ3n) is 4.26. The first-order chi connectivity index (χ1) is 13.4. The summed E-state index contributed by atoms with van der Waals surface area (Å²) in [5, 5.41) is 3.40. The summed E-state index contributed by atoms with van der Waals surface area (Å²) in [6, 6.07) is 16.8. The molecule has 0 saturated carbocycles. The number of nitrogens with one attached hydrogen (secondary N) is 1. The lowest BCUT2D eigenvalue weighted by atomic mass is 10.0. The van der Waals surface area contributed by atoms with Gasteiger partial charge >= 0.3 is 5.97 Å². The molecule has 0 spiro atoms. The van der Waals surface area contributed by atoms with Crippen molar-refractivity contribution in [3.63, 3.8) is 0 Å². The molecule has 6 heteroatoms. The molecular formula is C22H17Cl2NO3. The summed E-state index contributed by atoms with van der Waals surface area (Å²) in [5.74, 6) is -0.790. The number of ether oxygens (including phenoxy) is 1. The number of hydrogen-bond donors (Lipinski definition) is 1. The normalized spacial score (nSPS) is 10.4. The van der Waals surface area contributed by atoms with Gasteiger partial charge in [0.2, 0.25) is 0 Å². The second-order valence-corrected chi connectivity index (χ2v) is 7.05. The summed E-state index contributed by atoms with van der Waals surface area (Å²) in [4.78, 5) is 25.4. The smallest absolute Gasteiger partial charge is 0.345 e. The van der Waals surface area contributed by atoms with Crippen LogP contribution < -0.4 is 10.1 Å². The largest absolute Gasteiger partial charge is 0.421 e. The number of benzene rings is 3. The lowest BCUT2D eigenvalue weighted by Gasteiger charge is -2.14. The highest BCUT2D eigenvalue weighted by molar-refractivity contribution is 6.34. The molecule has 0 aliphatic rings. The van der Waals surface area contributed by atoms with E-state index in [1.54, 1.807) is 60.7 Å². The van der Waals surface area contributed by atoms with Crippen molar-refractivity contribution >= 4 is 40.8 Å².